The SMILES string of the molecule is CCOC(=O)CC(C)Sc1nc(C)cc(C)n1. The Balaban J connectivity index is 2.55. The summed E-state index contributed by atoms with van der Waals surface area (Å²) in [5, 5.41) is 0.842. The second-order valence-electron chi connectivity index (χ2n) is 3.87. The molecule has 0 N–H and O–H groups in total. The zero-order valence-electron chi connectivity index (χ0n) is 10.7. The monoisotopic (exact) mass is 254 g/mol. The van der Waals surface area contributed by atoms with E-state index >= 15 is 0 Å². The van der Waals surface area contributed by atoms with Crippen molar-refractivity contribution in [2.75, 3.05) is 6.61 Å². The fourth-order valence-corrected chi connectivity index (χ4v) is 2.40. The molecule has 1 rings (SSSR count). The van der Waals surface area contributed by atoms with Crippen LogP contribution in [0.5, 0.6) is 0 Å². The van der Waals surface area contributed by atoms with Crippen molar-refractivity contribution in [1.82, 2.24) is 9.97 Å². The third kappa shape index (κ3) is 5.17. The normalized spacial score (nSPS) is 12.2. The maximum atomic E-state index is 11.3. The lowest BCUT2D eigenvalue weighted by Crippen LogP contribution is -2.11. The Bertz CT molecular complexity index is 376. The molecule has 0 fully saturated rings. The first kappa shape index (κ1) is 14.0. The van der Waals surface area contributed by atoms with E-state index in [0.717, 1.165) is 16.5 Å². The summed E-state index contributed by atoms with van der Waals surface area (Å²) in [7, 11) is 0. The highest BCUT2D eigenvalue weighted by molar-refractivity contribution is 7.99. The molecule has 5 heteroatoms. The van der Waals surface area contributed by atoms with Crippen LogP contribution in [0.3, 0.4) is 0 Å². The second kappa shape index (κ2) is 6.59. The predicted octanol–water partition coefficient (Wildman–Crippen LogP) is 2.53. The first-order valence-electron chi connectivity index (χ1n) is 5.65. The molecular formula is C12H18N2O2S. The zero-order valence-corrected chi connectivity index (χ0v) is 11.5. The third-order valence-electron chi connectivity index (χ3n) is 2.03. The van der Waals surface area contributed by atoms with Gasteiger partial charge in [0.1, 0.15) is 0 Å². The van der Waals surface area contributed by atoms with Crippen LogP contribution in [0.1, 0.15) is 31.7 Å². The van der Waals surface area contributed by atoms with Crippen molar-refractivity contribution in [3.63, 3.8) is 0 Å². The summed E-state index contributed by atoms with van der Waals surface area (Å²) in [6, 6.07) is 1.93. The molecule has 94 valence electrons. The molecule has 4 nitrogen and oxygen atoms in total. The van der Waals surface area contributed by atoms with E-state index in [1.54, 1.807) is 0 Å². The van der Waals surface area contributed by atoms with E-state index in [1.165, 1.54) is 11.8 Å². The Morgan fingerprint density at radius 1 is 1.41 bits per heavy atom. The number of rotatable bonds is 5. The molecule has 0 saturated heterocycles. The summed E-state index contributed by atoms with van der Waals surface area (Å²) < 4.78 is 4.90. The molecule has 0 bridgehead atoms. The van der Waals surface area contributed by atoms with E-state index < -0.39 is 0 Å². The van der Waals surface area contributed by atoms with Crippen LogP contribution in [-0.4, -0.2) is 27.8 Å². The van der Waals surface area contributed by atoms with Gasteiger partial charge < -0.3 is 4.74 Å². The number of carbonyl (C=O) groups excluding carboxylic acids is 1. The van der Waals surface area contributed by atoms with Gasteiger partial charge in [0.05, 0.1) is 13.0 Å². The summed E-state index contributed by atoms with van der Waals surface area (Å²) in [4.78, 5) is 20.0. The Morgan fingerprint density at radius 2 is 2.00 bits per heavy atom. The molecule has 1 unspecified atom stereocenters. The van der Waals surface area contributed by atoms with Crippen LogP contribution in [0.25, 0.3) is 0 Å². The van der Waals surface area contributed by atoms with Crippen molar-refractivity contribution >= 4 is 17.7 Å². The fraction of sp³-hybridized carbons (Fsp3) is 0.583. The number of aromatic nitrogens is 2. The Hall–Kier alpha value is -1.10. The van der Waals surface area contributed by atoms with Crippen molar-refractivity contribution in [3.05, 3.63) is 17.5 Å². The van der Waals surface area contributed by atoms with E-state index in [-0.39, 0.29) is 11.2 Å². The van der Waals surface area contributed by atoms with Gasteiger partial charge in [-0.3, -0.25) is 4.79 Å². The number of hydrogen-bond acceptors (Lipinski definition) is 5. The standard InChI is InChI=1S/C12H18N2O2S/c1-5-16-11(15)7-10(4)17-12-13-8(2)6-9(3)14-12/h6,10H,5,7H2,1-4H3. The largest absolute Gasteiger partial charge is 0.466 e. The fourth-order valence-electron chi connectivity index (χ4n) is 1.42. The quantitative estimate of drug-likeness (QED) is 0.459. The number of thioether (sulfide) groups is 1. The van der Waals surface area contributed by atoms with Crippen molar-refractivity contribution in [2.24, 2.45) is 0 Å². The van der Waals surface area contributed by atoms with Crippen LogP contribution in [0.4, 0.5) is 0 Å². The summed E-state index contributed by atoms with van der Waals surface area (Å²) in [5.74, 6) is -0.170. The van der Waals surface area contributed by atoms with Gasteiger partial charge in [-0.05, 0) is 26.8 Å². The smallest absolute Gasteiger partial charge is 0.306 e. The highest BCUT2D eigenvalue weighted by Crippen LogP contribution is 2.22. The average molecular weight is 254 g/mol. The molecule has 0 aliphatic carbocycles. The number of aryl methyl sites for hydroxylation is 2. The maximum Gasteiger partial charge on any atom is 0.306 e. The Labute approximate surface area is 106 Å². The van der Waals surface area contributed by atoms with E-state index in [1.807, 2.05) is 33.8 Å². The number of hydrogen-bond donors (Lipinski definition) is 0. The van der Waals surface area contributed by atoms with Crippen molar-refractivity contribution in [3.8, 4) is 0 Å². The highest BCUT2D eigenvalue weighted by atomic mass is 32.2. The lowest BCUT2D eigenvalue weighted by atomic mass is 10.3. The van der Waals surface area contributed by atoms with Crippen LogP contribution < -0.4 is 0 Å². The van der Waals surface area contributed by atoms with E-state index in [0.29, 0.717) is 13.0 Å². The maximum absolute atomic E-state index is 11.3. The van der Waals surface area contributed by atoms with Gasteiger partial charge in [0.15, 0.2) is 5.16 Å². The van der Waals surface area contributed by atoms with Gasteiger partial charge in [-0.1, -0.05) is 18.7 Å². The summed E-state index contributed by atoms with van der Waals surface area (Å²) in [6.07, 6.45) is 0.384. The topological polar surface area (TPSA) is 52.1 Å². The van der Waals surface area contributed by atoms with Crippen LogP contribution in [0.2, 0.25) is 0 Å². The molecule has 1 atom stereocenters. The molecule has 0 amide bonds. The number of esters is 1. The van der Waals surface area contributed by atoms with Crippen LogP contribution in [-0.2, 0) is 9.53 Å². The minimum atomic E-state index is -0.170. The summed E-state index contributed by atoms with van der Waals surface area (Å²) >= 11 is 1.50. The second-order valence-corrected chi connectivity index (χ2v) is 5.28. The number of nitrogens with zero attached hydrogens (tertiary/aromatic N) is 2. The van der Waals surface area contributed by atoms with Crippen LogP contribution in [0, 0.1) is 13.8 Å². The Kier molecular flexibility index (Phi) is 5.41. The van der Waals surface area contributed by atoms with Crippen LogP contribution >= 0.6 is 11.8 Å². The van der Waals surface area contributed by atoms with Gasteiger partial charge in [-0.25, -0.2) is 9.97 Å². The van der Waals surface area contributed by atoms with E-state index in [9.17, 15) is 4.79 Å². The van der Waals surface area contributed by atoms with E-state index in [4.69, 9.17) is 4.74 Å². The minimum Gasteiger partial charge on any atom is -0.466 e. The van der Waals surface area contributed by atoms with Crippen molar-refractivity contribution in [2.45, 2.75) is 44.5 Å². The molecule has 0 saturated carbocycles. The van der Waals surface area contributed by atoms with Crippen LogP contribution in [0.15, 0.2) is 11.2 Å². The molecule has 1 heterocycles. The molecule has 0 spiro atoms. The summed E-state index contributed by atoms with van der Waals surface area (Å²) in [6.45, 7) is 8.09. The number of ether oxygens (including phenoxy) is 1. The van der Waals surface area contributed by atoms with Crippen molar-refractivity contribution < 1.29 is 9.53 Å². The molecule has 1 aromatic rings. The highest BCUT2D eigenvalue weighted by Gasteiger charge is 2.13. The lowest BCUT2D eigenvalue weighted by Gasteiger charge is -2.09. The van der Waals surface area contributed by atoms with Gasteiger partial charge >= 0.3 is 5.97 Å². The molecule has 1 aromatic heterocycles. The molecule has 0 aliphatic heterocycles. The predicted molar refractivity (Wildman–Crippen MR) is 68.1 cm³/mol. The first-order valence-corrected chi connectivity index (χ1v) is 6.53. The summed E-state index contributed by atoms with van der Waals surface area (Å²) in [5.41, 5.74) is 1.90. The molecule has 0 aliphatic rings. The Morgan fingerprint density at radius 3 is 2.53 bits per heavy atom. The molecule has 0 aromatic carbocycles. The van der Waals surface area contributed by atoms with Gasteiger partial charge in [0.25, 0.3) is 0 Å². The molecule has 17 heavy (non-hydrogen) atoms. The number of carbonyl (C=O) groups is 1. The van der Waals surface area contributed by atoms with Gasteiger partial charge in [-0.15, -0.1) is 0 Å². The lowest BCUT2D eigenvalue weighted by molar-refractivity contribution is -0.142. The molecule has 0 radical (unpaired) electrons. The molecular weight excluding hydrogens is 236 g/mol. The van der Waals surface area contributed by atoms with Gasteiger partial charge in [0.2, 0.25) is 0 Å². The minimum absolute atomic E-state index is 0.121. The first-order chi connectivity index (χ1) is 8.01. The van der Waals surface area contributed by atoms with Gasteiger partial charge in [0, 0.05) is 16.6 Å². The van der Waals surface area contributed by atoms with E-state index in [2.05, 4.69) is 9.97 Å². The average Bonchev–Trinajstić information content (AvgIpc) is 2.14. The van der Waals surface area contributed by atoms with Gasteiger partial charge in [-0.2, -0.15) is 0 Å². The third-order valence-corrected chi connectivity index (χ3v) is 2.99. The van der Waals surface area contributed by atoms with Crippen molar-refractivity contribution in [1.29, 1.82) is 0 Å². The zero-order chi connectivity index (χ0) is 12.8.